The number of nitrogens with zero attached hydrogens (tertiary/aromatic N) is 2. The summed E-state index contributed by atoms with van der Waals surface area (Å²) in [6.07, 6.45) is 0.848. The SMILES string of the molecule is CNc1c(OC)cc(C(=O)N2CCC[C@@H](NC(=O)OC(C)(C)C)[C@H]2C)cc1[N+](=O)[O-]. The van der Waals surface area contributed by atoms with Gasteiger partial charge in [0.25, 0.3) is 11.6 Å². The Labute approximate surface area is 176 Å². The number of hydrogen-bond acceptors (Lipinski definition) is 7. The van der Waals surface area contributed by atoms with Crippen LogP contribution in [0.3, 0.4) is 0 Å². The van der Waals surface area contributed by atoms with Crippen molar-refractivity contribution in [2.75, 3.05) is 26.0 Å². The summed E-state index contributed by atoms with van der Waals surface area (Å²) in [6, 6.07) is 2.13. The largest absolute Gasteiger partial charge is 0.494 e. The molecular weight excluding hydrogens is 392 g/mol. The minimum absolute atomic E-state index is 0.155. The summed E-state index contributed by atoms with van der Waals surface area (Å²) in [5.74, 6) is -0.148. The second-order valence-electron chi connectivity index (χ2n) is 8.21. The second kappa shape index (κ2) is 9.19. The average molecular weight is 422 g/mol. The van der Waals surface area contributed by atoms with Gasteiger partial charge >= 0.3 is 6.09 Å². The molecule has 0 radical (unpaired) electrons. The maximum absolute atomic E-state index is 13.2. The van der Waals surface area contributed by atoms with Crippen LogP contribution in [0.5, 0.6) is 5.75 Å². The van der Waals surface area contributed by atoms with Gasteiger partial charge in [-0.3, -0.25) is 14.9 Å². The Bertz CT molecular complexity index is 820. The number of nitro groups is 1. The molecule has 0 saturated carbocycles. The molecule has 1 heterocycles. The highest BCUT2D eigenvalue weighted by Crippen LogP contribution is 2.36. The van der Waals surface area contributed by atoms with Crippen LogP contribution in [0, 0.1) is 10.1 Å². The van der Waals surface area contributed by atoms with Crippen LogP contribution in [0.25, 0.3) is 0 Å². The number of hydrogen-bond donors (Lipinski definition) is 2. The van der Waals surface area contributed by atoms with Crippen molar-refractivity contribution in [2.45, 2.75) is 58.2 Å². The van der Waals surface area contributed by atoms with Gasteiger partial charge in [-0.25, -0.2) is 4.79 Å². The molecule has 2 N–H and O–H groups in total. The lowest BCUT2D eigenvalue weighted by Crippen LogP contribution is -2.56. The van der Waals surface area contributed by atoms with Crippen molar-refractivity contribution < 1.29 is 24.0 Å². The van der Waals surface area contributed by atoms with E-state index in [9.17, 15) is 19.7 Å². The first-order valence-corrected chi connectivity index (χ1v) is 9.83. The summed E-state index contributed by atoms with van der Waals surface area (Å²) in [5.41, 5.74) is -0.506. The van der Waals surface area contributed by atoms with E-state index in [0.717, 1.165) is 0 Å². The summed E-state index contributed by atoms with van der Waals surface area (Å²) in [4.78, 5) is 37.9. The number of piperidine rings is 1. The summed E-state index contributed by atoms with van der Waals surface area (Å²) in [6.45, 7) is 7.66. The van der Waals surface area contributed by atoms with Crippen molar-refractivity contribution in [2.24, 2.45) is 0 Å². The van der Waals surface area contributed by atoms with Gasteiger partial charge in [0.05, 0.1) is 23.6 Å². The second-order valence-corrected chi connectivity index (χ2v) is 8.21. The van der Waals surface area contributed by atoms with E-state index >= 15 is 0 Å². The molecule has 0 aliphatic carbocycles. The highest BCUT2D eigenvalue weighted by Gasteiger charge is 2.34. The molecule has 0 bridgehead atoms. The van der Waals surface area contributed by atoms with Crippen LogP contribution in [0.2, 0.25) is 0 Å². The van der Waals surface area contributed by atoms with E-state index in [1.807, 2.05) is 6.92 Å². The molecule has 1 fully saturated rings. The number of alkyl carbamates (subject to hydrolysis) is 1. The third-order valence-electron chi connectivity index (χ3n) is 4.95. The zero-order chi connectivity index (χ0) is 22.6. The number of ether oxygens (including phenoxy) is 2. The van der Waals surface area contributed by atoms with Crippen molar-refractivity contribution >= 4 is 23.4 Å². The first-order chi connectivity index (χ1) is 14.0. The van der Waals surface area contributed by atoms with Gasteiger partial charge in [0, 0.05) is 25.7 Å². The maximum Gasteiger partial charge on any atom is 0.407 e. The fraction of sp³-hybridized carbons (Fsp3) is 0.600. The van der Waals surface area contributed by atoms with E-state index in [1.54, 1.807) is 32.7 Å². The number of carbonyl (C=O) groups excluding carboxylic acids is 2. The number of anilines is 1. The maximum atomic E-state index is 13.2. The predicted molar refractivity (Wildman–Crippen MR) is 112 cm³/mol. The lowest BCUT2D eigenvalue weighted by molar-refractivity contribution is -0.384. The first kappa shape index (κ1) is 23.2. The molecule has 166 valence electrons. The molecule has 0 aromatic heterocycles. The summed E-state index contributed by atoms with van der Waals surface area (Å²) in [7, 11) is 2.93. The van der Waals surface area contributed by atoms with Crippen LogP contribution >= 0.6 is 0 Å². The van der Waals surface area contributed by atoms with Gasteiger partial charge in [-0.05, 0) is 46.6 Å². The minimum atomic E-state index is -0.623. The van der Waals surface area contributed by atoms with Crippen molar-refractivity contribution in [3.05, 3.63) is 27.8 Å². The van der Waals surface area contributed by atoms with Crippen molar-refractivity contribution in [1.82, 2.24) is 10.2 Å². The molecule has 0 spiro atoms. The molecule has 0 unspecified atom stereocenters. The molecular formula is C20H30N4O6. The Morgan fingerprint density at radius 3 is 2.50 bits per heavy atom. The molecule has 2 rings (SSSR count). The predicted octanol–water partition coefficient (Wildman–Crippen LogP) is 3.16. The third kappa shape index (κ3) is 5.31. The minimum Gasteiger partial charge on any atom is -0.494 e. The van der Waals surface area contributed by atoms with E-state index in [0.29, 0.717) is 19.4 Å². The number of methoxy groups -OCH3 is 1. The van der Waals surface area contributed by atoms with Gasteiger partial charge in [0.15, 0.2) is 5.69 Å². The van der Waals surface area contributed by atoms with E-state index in [-0.39, 0.29) is 40.7 Å². The Kier molecular flexibility index (Phi) is 7.12. The number of carbonyl (C=O) groups is 2. The Morgan fingerprint density at radius 1 is 1.30 bits per heavy atom. The molecule has 30 heavy (non-hydrogen) atoms. The molecule has 1 aliphatic heterocycles. The Hall–Kier alpha value is -3.04. The van der Waals surface area contributed by atoms with Gasteiger partial charge in [-0.15, -0.1) is 0 Å². The zero-order valence-corrected chi connectivity index (χ0v) is 18.3. The fourth-order valence-corrected chi connectivity index (χ4v) is 3.53. The lowest BCUT2D eigenvalue weighted by Gasteiger charge is -2.39. The molecule has 2 atom stereocenters. The Balaban J connectivity index is 2.26. The number of likely N-dealkylation sites (tertiary alicyclic amines) is 1. The summed E-state index contributed by atoms with van der Waals surface area (Å²) < 4.78 is 10.6. The van der Waals surface area contributed by atoms with Crippen molar-refractivity contribution in [3.8, 4) is 5.75 Å². The first-order valence-electron chi connectivity index (χ1n) is 9.83. The Morgan fingerprint density at radius 2 is 1.97 bits per heavy atom. The smallest absolute Gasteiger partial charge is 0.407 e. The van der Waals surface area contributed by atoms with Crippen LogP contribution in [-0.4, -0.2) is 60.2 Å². The van der Waals surface area contributed by atoms with Crippen LogP contribution in [0.15, 0.2) is 12.1 Å². The topological polar surface area (TPSA) is 123 Å². The molecule has 1 aromatic carbocycles. The van der Waals surface area contributed by atoms with E-state index in [4.69, 9.17) is 9.47 Å². The van der Waals surface area contributed by atoms with E-state index in [2.05, 4.69) is 10.6 Å². The van der Waals surface area contributed by atoms with Crippen LogP contribution in [0.4, 0.5) is 16.2 Å². The van der Waals surface area contributed by atoms with E-state index in [1.165, 1.54) is 19.2 Å². The van der Waals surface area contributed by atoms with Crippen molar-refractivity contribution in [1.29, 1.82) is 0 Å². The number of amides is 2. The quantitative estimate of drug-likeness (QED) is 0.552. The normalized spacial score (nSPS) is 19.1. The van der Waals surface area contributed by atoms with Crippen molar-refractivity contribution in [3.63, 3.8) is 0 Å². The number of nitro benzene ring substituents is 1. The molecule has 2 amide bonds. The van der Waals surface area contributed by atoms with Crippen LogP contribution < -0.4 is 15.4 Å². The van der Waals surface area contributed by atoms with Gasteiger partial charge < -0.3 is 25.0 Å². The summed E-state index contributed by atoms with van der Waals surface area (Å²) >= 11 is 0. The molecule has 1 aliphatic rings. The van der Waals surface area contributed by atoms with E-state index < -0.39 is 16.6 Å². The van der Waals surface area contributed by atoms with Gasteiger partial charge in [0.1, 0.15) is 11.4 Å². The van der Waals surface area contributed by atoms with Crippen LogP contribution in [-0.2, 0) is 4.74 Å². The number of benzene rings is 1. The van der Waals surface area contributed by atoms with Gasteiger partial charge in [-0.1, -0.05) is 0 Å². The molecule has 1 aromatic rings. The molecule has 10 heteroatoms. The average Bonchev–Trinajstić information content (AvgIpc) is 2.66. The lowest BCUT2D eigenvalue weighted by atomic mass is 9.96. The van der Waals surface area contributed by atoms with Gasteiger partial charge in [-0.2, -0.15) is 0 Å². The standard InChI is InChI=1S/C20H30N4O6/c1-12-14(22-19(26)30-20(2,3)4)8-7-9-23(12)18(25)13-10-15(24(27)28)17(21-5)16(11-13)29-6/h10-12,14,21H,7-9H2,1-6H3,(H,22,26)/t12-,14-/m1/s1. The highest BCUT2D eigenvalue weighted by atomic mass is 16.6. The molecule has 10 nitrogen and oxygen atoms in total. The van der Waals surface area contributed by atoms with Gasteiger partial charge in [0.2, 0.25) is 0 Å². The fourth-order valence-electron chi connectivity index (χ4n) is 3.53. The monoisotopic (exact) mass is 422 g/mol. The van der Waals surface area contributed by atoms with Crippen LogP contribution in [0.1, 0.15) is 50.9 Å². The zero-order valence-electron chi connectivity index (χ0n) is 18.3. The highest BCUT2D eigenvalue weighted by molar-refractivity contribution is 5.97. The number of nitrogens with one attached hydrogen (secondary N) is 2. The molecule has 1 saturated heterocycles. The number of rotatable bonds is 5. The summed E-state index contributed by atoms with van der Waals surface area (Å²) in [5, 5.41) is 17.1. The third-order valence-corrected chi connectivity index (χ3v) is 4.95.